The first-order chi connectivity index (χ1) is 55.0. The number of hydrogen-bond donors (Lipinski definition) is 1. The molecule has 2 rings (SSSR count). The highest BCUT2D eigenvalue weighted by Crippen LogP contribution is 2.48. The molecule has 2 fully saturated rings. The van der Waals surface area contributed by atoms with Crippen molar-refractivity contribution in [3.8, 4) is 0 Å². The summed E-state index contributed by atoms with van der Waals surface area (Å²) < 4.78 is 31.1. The summed E-state index contributed by atoms with van der Waals surface area (Å²) >= 11 is 0. The van der Waals surface area contributed by atoms with E-state index in [9.17, 15) is 5.11 Å². The van der Waals surface area contributed by atoms with Crippen molar-refractivity contribution < 1.29 is 24.1 Å². The maximum atomic E-state index is 12.6. The van der Waals surface area contributed by atoms with E-state index < -0.39 is 22.4 Å². The average molecular weight is 1620 g/mol. The lowest BCUT2D eigenvalue weighted by Gasteiger charge is -2.53. The van der Waals surface area contributed by atoms with Gasteiger partial charge in [0.15, 0.2) is 0 Å². The molecular weight excluding hydrogens is 1400 g/mol. The molecule has 0 bridgehead atoms. The molecule has 5 nitrogen and oxygen atoms in total. The number of hydrogen-bond acceptors (Lipinski definition) is 5. The fourth-order valence-electron chi connectivity index (χ4n) is 20.6. The highest BCUT2D eigenvalue weighted by Gasteiger charge is 2.54. The summed E-state index contributed by atoms with van der Waals surface area (Å²) in [6.45, 7) is 51.8. The Balaban J connectivity index is 2.31. The highest BCUT2D eigenvalue weighted by molar-refractivity contribution is 5.02. The van der Waals surface area contributed by atoms with Crippen molar-refractivity contribution in [2.45, 2.75) is 616 Å². The van der Waals surface area contributed by atoms with Crippen LogP contribution >= 0.6 is 0 Å². The summed E-state index contributed by atoms with van der Waals surface area (Å²) in [5, 5.41) is 12.6. The van der Waals surface area contributed by atoms with Crippen LogP contribution in [0.4, 0.5) is 0 Å². The second-order valence-electron chi connectivity index (χ2n) is 44.2. The van der Waals surface area contributed by atoms with Gasteiger partial charge in [-0.05, 0) is 182 Å². The molecule has 2 aliphatic rings. The van der Waals surface area contributed by atoms with E-state index in [-0.39, 0.29) is 24.4 Å². The summed E-state index contributed by atoms with van der Waals surface area (Å²) in [4.78, 5) is 0. The summed E-state index contributed by atoms with van der Waals surface area (Å²) in [5.74, 6) is 9.29. The molecule has 16 atom stereocenters. The first-order valence-electron chi connectivity index (χ1n) is 53.0. The van der Waals surface area contributed by atoms with Crippen LogP contribution in [0.1, 0.15) is 569 Å². The van der Waals surface area contributed by atoms with Gasteiger partial charge in [0.1, 0.15) is 0 Å². The van der Waals surface area contributed by atoms with Crippen molar-refractivity contribution >= 4 is 0 Å². The van der Waals surface area contributed by atoms with Gasteiger partial charge in [-0.1, -0.05) is 470 Å². The highest BCUT2D eigenvalue weighted by atomic mass is 16.6. The predicted molar refractivity (Wildman–Crippen MR) is 512 cm³/mol. The minimum atomic E-state index is -0.873. The largest absolute Gasteiger partial charge is 0.387 e. The molecule has 2 aliphatic heterocycles. The molecule has 2 heterocycles. The third-order valence-electron chi connectivity index (χ3n) is 29.3. The Bertz CT molecular complexity index is 2150. The van der Waals surface area contributed by atoms with Crippen LogP contribution in [0.25, 0.3) is 0 Å². The quantitative estimate of drug-likeness (QED) is 0.0486. The molecule has 0 spiro atoms. The van der Waals surface area contributed by atoms with Gasteiger partial charge >= 0.3 is 0 Å². The summed E-state index contributed by atoms with van der Waals surface area (Å²) in [6, 6.07) is 0. The first kappa shape index (κ1) is 111. The van der Waals surface area contributed by atoms with Gasteiger partial charge < -0.3 is 24.1 Å². The molecule has 1 N–H and O–H groups in total. The molecule has 0 aliphatic carbocycles. The lowest BCUT2D eigenvalue weighted by molar-refractivity contribution is -0.287. The van der Waals surface area contributed by atoms with Gasteiger partial charge in [0.05, 0.1) is 46.8 Å². The Labute approximate surface area is 725 Å². The zero-order chi connectivity index (χ0) is 84.9. The molecule has 0 radical (unpaired) electrons. The van der Waals surface area contributed by atoms with Crippen molar-refractivity contribution in [1.82, 2.24) is 0 Å². The number of allylic oxidation sites excluding steroid dienone is 2. The minimum absolute atomic E-state index is 0.0443. The van der Waals surface area contributed by atoms with E-state index in [1.54, 1.807) is 0 Å². The second-order valence-corrected chi connectivity index (χ2v) is 44.2. The molecule has 686 valence electrons. The van der Waals surface area contributed by atoms with Gasteiger partial charge in [-0.2, -0.15) is 0 Å². The van der Waals surface area contributed by atoms with Crippen LogP contribution in [0.3, 0.4) is 0 Å². The Kier molecular flexibility index (Phi) is 66.2. The van der Waals surface area contributed by atoms with Gasteiger partial charge in [0.2, 0.25) is 0 Å². The maximum absolute atomic E-state index is 12.6. The smallest absolute Gasteiger partial charge is 0.0924 e. The maximum Gasteiger partial charge on any atom is 0.0924 e. The monoisotopic (exact) mass is 1620 g/mol. The molecule has 115 heavy (non-hydrogen) atoms. The Morgan fingerprint density at radius 1 is 0.313 bits per heavy atom. The van der Waals surface area contributed by atoms with Crippen molar-refractivity contribution in [3.63, 3.8) is 0 Å². The van der Waals surface area contributed by atoms with Gasteiger partial charge in [-0.3, -0.25) is 0 Å². The summed E-state index contributed by atoms with van der Waals surface area (Å²) in [5.41, 5.74) is -2.31. The summed E-state index contributed by atoms with van der Waals surface area (Å²) in [7, 11) is 0. The Morgan fingerprint density at radius 2 is 0.583 bits per heavy atom. The van der Waals surface area contributed by atoms with Crippen LogP contribution in [-0.4, -0.2) is 58.5 Å². The SMILES string of the molecule is CCCCCCCC/C=C\CCCCCCCCCCCCCCCCCCCCO[C@@H]1CC[C@@H]([C@](C)(CCC[C@H](C)CCC[C@H](C)CCCC(C)C)O[C@@](C)(CCC[C@H](C)CCC[C@H](C)CCCC(C)C)[C@H]2CC[C@H]([C@@](C)(O)CCC[C@H](C)CCC[C@H](C)CCCC(C)C)O2)O[C@@]1(C)CCC[C@H](C)CCC[C@H](C)CCCC(C)C. The standard InChI is InChI=1S/C110H216O5/c1-22-23-24-25-26-27-28-29-30-31-32-33-34-35-36-37-38-39-40-41-42-43-44-45-46-47-48-49-90-112-104-83-85-106(114-108(104,19)87-59-79-100(15)75-55-71-96(11)67-51-63-92(4)5)110(21,89-61-81-102(17)77-57-73-98(13)69-53-65-94(8)9)115-109(20,88-60-80-101(16)76-56-72-97(12)68-52-64-93(6)7)105-84-82-103(113-105)107(18,111)86-58-78-99(14)74-54-70-95(10)66-50-62-91(2)3/h29-30,91-106,111H,22-28,31-90H2,1-21H3/b30-29-/t95-,96-,97-,98-,99-,100-,101-,102-,103-,104-,105-,106+,107+,108+,109+,110+/m1/s1. The predicted octanol–water partition coefficient (Wildman–Crippen LogP) is 36.6. The molecule has 5 heteroatoms. The third kappa shape index (κ3) is 58.4. The van der Waals surface area contributed by atoms with Crippen LogP contribution < -0.4 is 0 Å². The second kappa shape index (κ2) is 68.8. The van der Waals surface area contributed by atoms with Crippen molar-refractivity contribution in [3.05, 3.63) is 12.2 Å². The van der Waals surface area contributed by atoms with Crippen LogP contribution in [0.5, 0.6) is 0 Å². The number of aliphatic hydroxyl groups is 1. The Hall–Kier alpha value is -0.460. The van der Waals surface area contributed by atoms with Gasteiger partial charge in [-0.25, -0.2) is 0 Å². The van der Waals surface area contributed by atoms with Gasteiger partial charge in [0.25, 0.3) is 0 Å². The van der Waals surface area contributed by atoms with Gasteiger partial charge in [0, 0.05) is 6.61 Å². The van der Waals surface area contributed by atoms with Crippen molar-refractivity contribution in [1.29, 1.82) is 0 Å². The zero-order valence-electron chi connectivity index (χ0n) is 82.8. The Morgan fingerprint density at radius 3 is 0.922 bits per heavy atom. The fourth-order valence-corrected chi connectivity index (χ4v) is 20.6. The molecule has 0 aromatic heterocycles. The average Bonchev–Trinajstić information content (AvgIpc) is 1.73. The van der Waals surface area contributed by atoms with Crippen LogP contribution in [-0.2, 0) is 18.9 Å². The van der Waals surface area contributed by atoms with E-state index >= 15 is 0 Å². The zero-order valence-corrected chi connectivity index (χ0v) is 82.8. The lowest BCUT2D eigenvalue weighted by Crippen LogP contribution is -2.60. The number of rotatable bonds is 82. The molecule has 0 unspecified atom stereocenters. The minimum Gasteiger partial charge on any atom is -0.387 e. The van der Waals surface area contributed by atoms with E-state index in [4.69, 9.17) is 18.9 Å². The van der Waals surface area contributed by atoms with E-state index in [1.807, 2.05) is 0 Å². The lowest BCUT2D eigenvalue weighted by atomic mass is 9.78. The topological polar surface area (TPSA) is 57.2 Å². The van der Waals surface area contributed by atoms with E-state index in [2.05, 4.69) is 158 Å². The van der Waals surface area contributed by atoms with Crippen molar-refractivity contribution in [2.24, 2.45) is 71.0 Å². The van der Waals surface area contributed by atoms with E-state index in [0.29, 0.717) is 17.8 Å². The summed E-state index contributed by atoms with van der Waals surface area (Å²) in [6.07, 6.45) is 90.4. The molecular formula is C110H216O5. The van der Waals surface area contributed by atoms with Crippen LogP contribution in [0.2, 0.25) is 0 Å². The number of unbranched alkanes of at least 4 members (excludes halogenated alkanes) is 24. The fraction of sp³-hybridized carbons (Fsp3) is 0.982. The molecule has 0 aromatic rings. The first-order valence-corrected chi connectivity index (χ1v) is 53.0. The van der Waals surface area contributed by atoms with Crippen molar-refractivity contribution in [2.75, 3.05) is 6.61 Å². The van der Waals surface area contributed by atoms with Crippen LogP contribution in [0, 0.1) is 71.0 Å². The molecule has 2 saturated heterocycles. The van der Waals surface area contributed by atoms with Gasteiger partial charge in [-0.15, -0.1) is 0 Å². The molecule has 0 aromatic carbocycles. The third-order valence-corrected chi connectivity index (χ3v) is 29.3. The molecule has 0 saturated carbocycles. The normalized spacial score (nSPS) is 21.5. The molecule has 0 amide bonds. The van der Waals surface area contributed by atoms with E-state index in [1.165, 1.54) is 347 Å². The van der Waals surface area contributed by atoms with E-state index in [0.717, 1.165) is 137 Å². The van der Waals surface area contributed by atoms with Crippen LogP contribution in [0.15, 0.2) is 12.2 Å². The number of ether oxygens (including phenoxy) is 4.